The molecule has 1 unspecified atom stereocenters. The molecule has 0 aliphatic carbocycles. The van der Waals surface area contributed by atoms with Gasteiger partial charge in [-0.15, -0.1) is 0 Å². The van der Waals surface area contributed by atoms with Crippen LogP contribution in [0.1, 0.15) is 40.3 Å². The quantitative estimate of drug-likeness (QED) is 0.219. The van der Waals surface area contributed by atoms with Crippen LogP contribution < -0.4 is 0 Å². The van der Waals surface area contributed by atoms with Crippen molar-refractivity contribution >= 4 is 38.2 Å². The summed E-state index contributed by atoms with van der Waals surface area (Å²) < 4.78 is 33.2. The molecular weight excluding hydrogens is 461 g/mol. The van der Waals surface area contributed by atoms with Gasteiger partial charge in [0.15, 0.2) is 5.71 Å². The molecule has 0 saturated carbocycles. The average molecular weight is 485 g/mol. The first-order valence-corrected chi connectivity index (χ1v) is 10.4. The third-order valence-electron chi connectivity index (χ3n) is 4.76. The molecule has 6 nitrogen and oxygen atoms in total. The maximum atomic E-state index is 14.2. The van der Waals surface area contributed by atoms with E-state index in [1.807, 2.05) is 13.0 Å². The number of nitrogens with zero attached hydrogens (tertiary/aromatic N) is 2. The molecule has 32 heavy (non-hydrogen) atoms. The number of methoxy groups -OCH3 is 1. The van der Waals surface area contributed by atoms with E-state index in [0.717, 1.165) is 5.56 Å². The third-order valence-corrected chi connectivity index (χ3v) is 5.46. The van der Waals surface area contributed by atoms with Crippen molar-refractivity contribution in [1.82, 2.24) is 0 Å². The lowest BCUT2D eigenvalue weighted by Gasteiger charge is -2.19. The van der Waals surface area contributed by atoms with Gasteiger partial charge in [-0.2, -0.15) is 8.78 Å². The first-order valence-electron chi connectivity index (χ1n) is 9.44. The van der Waals surface area contributed by atoms with E-state index in [1.165, 1.54) is 42.5 Å². The number of hydrogen-bond acceptors (Lipinski definition) is 6. The second kappa shape index (κ2) is 10.8. The number of hydrogen-bond donors (Lipinski definition) is 0. The van der Waals surface area contributed by atoms with Crippen LogP contribution in [0, 0.1) is 13.8 Å². The largest absolute Gasteiger partial charge is 0.464 e. The first kappa shape index (κ1) is 25.7. The van der Waals surface area contributed by atoms with Gasteiger partial charge in [-0.1, -0.05) is 55.4 Å². The number of carbonyl (C=O) groups excluding carboxylic acids is 1. The van der Waals surface area contributed by atoms with Gasteiger partial charge in [-0.05, 0) is 38.0 Å². The Morgan fingerprint density at radius 3 is 2.41 bits per heavy atom. The highest BCUT2D eigenvalue weighted by Crippen LogP contribution is 2.41. The van der Waals surface area contributed by atoms with Crippen LogP contribution in [0.25, 0.3) is 0 Å². The van der Waals surface area contributed by atoms with Crippen LogP contribution in [0.15, 0.2) is 40.6 Å². The van der Waals surface area contributed by atoms with Crippen LogP contribution in [0.5, 0.6) is 0 Å². The van der Waals surface area contributed by atoms with Crippen molar-refractivity contribution in [2.24, 2.45) is 10.3 Å². The number of aryl methyl sites for hydroxylation is 1. The van der Waals surface area contributed by atoms with Gasteiger partial charge < -0.3 is 14.4 Å². The molecule has 0 fully saturated rings. The fourth-order valence-electron chi connectivity index (χ4n) is 3.16. The molecule has 0 saturated heterocycles. The third kappa shape index (κ3) is 5.81. The van der Waals surface area contributed by atoms with Gasteiger partial charge in [0, 0.05) is 27.3 Å². The van der Waals surface area contributed by atoms with Crippen molar-refractivity contribution in [3.05, 3.63) is 68.7 Å². The molecule has 0 amide bonds. The number of carbonyl (C=O) groups is 1. The second-order valence-electron chi connectivity index (χ2n) is 6.88. The summed E-state index contributed by atoms with van der Waals surface area (Å²) in [5.41, 5.74) is -0.867. The molecule has 0 heterocycles. The summed E-state index contributed by atoms with van der Waals surface area (Å²) in [5, 5.41) is 8.03. The van der Waals surface area contributed by atoms with Crippen molar-refractivity contribution in [3.8, 4) is 0 Å². The van der Waals surface area contributed by atoms with Crippen LogP contribution in [-0.4, -0.2) is 31.6 Å². The fraction of sp³-hybridized carbons (Fsp3) is 0.318. The lowest BCUT2D eigenvalue weighted by atomic mass is 9.98. The Bertz CT molecular complexity index is 1070. The molecule has 0 spiro atoms. The van der Waals surface area contributed by atoms with Gasteiger partial charge in [-0.3, -0.25) is 0 Å². The van der Waals surface area contributed by atoms with E-state index in [9.17, 15) is 13.6 Å². The zero-order chi connectivity index (χ0) is 24.1. The average Bonchev–Trinajstić information content (AvgIpc) is 2.73. The molecule has 0 aliphatic heterocycles. The van der Waals surface area contributed by atoms with Gasteiger partial charge in [-0.25, -0.2) is 4.79 Å². The highest BCUT2D eigenvalue weighted by atomic mass is 35.5. The molecule has 2 aromatic carbocycles. The van der Waals surface area contributed by atoms with Gasteiger partial charge >= 0.3 is 5.97 Å². The summed E-state index contributed by atoms with van der Waals surface area (Å²) in [7, 11) is 4.07. The Balaban J connectivity index is 2.40. The smallest absolute Gasteiger partial charge is 0.360 e. The Hall–Kier alpha value is -2.57. The highest BCUT2D eigenvalue weighted by Gasteiger charge is 2.31. The van der Waals surface area contributed by atoms with Gasteiger partial charge in [0.2, 0.25) is 0 Å². The fourth-order valence-corrected chi connectivity index (χ4v) is 3.69. The minimum atomic E-state index is -3.20. The molecule has 2 aromatic rings. The second-order valence-corrected chi connectivity index (χ2v) is 8.02. The minimum Gasteiger partial charge on any atom is -0.464 e. The van der Waals surface area contributed by atoms with Crippen LogP contribution in [0.2, 0.25) is 5.02 Å². The van der Waals surface area contributed by atoms with Crippen LogP contribution in [-0.2, 0) is 31.5 Å². The predicted octanol–water partition coefficient (Wildman–Crippen LogP) is 5.35. The molecule has 0 radical (unpaired) electrons. The Labute approximate surface area is 192 Å². The van der Waals surface area contributed by atoms with Gasteiger partial charge in [0.1, 0.15) is 13.7 Å². The van der Waals surface area contributed by atoms with Crippen LogP contribution >= 0.6 is 20.8 Å². The number of esters is 1. The van der Waals surface area contributed by atoms with Crippen molar-refractivity contribution in [1.29, 1.82) is 0 Å². The number of halogens is 3. The van der Waals surface area contributed by atoms with Crippen LogP contribution in [0.4, 0.5) is 8.78 Å². The van der Waals surface area contributed by atoms with E-state index in [4.69, 9.17) is 26.0 Å². The minimum absolute atomic E-state index is 0.0312. The molecule has 1 atom stereocenters. The SMILES string of the molecule is CO/N=C(/C(=O)OC)c1cccc(C)c1CO/N=C(\C)c1ccc(Cl)c(C)c1C(F)(F)P. The molecular formula is C22H24ClF2N2O4P. The van der Waals surface area contributed by atoms with Crippen molar-refractivity contribution < 1.29 is 28.0 Å². The summed E-state index contributed by atoms with van der Waals surface area (Å²) in [6, 6.07) is 8.27. The summed E-state index contributed by atoms with van der Waals surface area (Å²) in [6.07, 6.45) is 0. The number of rotatable bonds is 8. The lowest BCUT2D eigenvalue weighted by Crippen LogP contribution is -2.20. The number of ether oxygens (including phenoxy) is 1. The van der Waals surface area contributed by atoms with Crippen molar-refractivity contribution in [2.45, 2.75) is 33.0 Å². The number of oxime groups is 2. The van der Waals surface area contributed by atoms with E-state index in [1.54, 1.807) is 19.1 Å². The maximum absolute atomic E-state index is 14.2. The zero-order valence-corrected chi connectivity index (χ0v) is 20.2. The molecule has 0 aliphatic rings. The molecule has 0 bridgehead atoms. The van der Waals surface area contributed by atoms with E-state index >= 15 is 0 Å². The maximum Gasteiger partial charge on any atom is 0.360 e. The summed E-state index contributed by atoms with van der Waals surface area (Å²) in [5.74, 6) is -0.678. The predicted molar refractivity (Wildman–Crippen MR) is 124 cm³/mol. The molecule has 10 heteroatoms. The van der Waals surface area contributed by atoms with Gasteiger partial charge in [0.05, 0.1) is 12.8 Å². The topological polar surface area (TPSA) is 69.5 Å². The normalized spacial score (nSPS) is 12.5. The number of alkyl halides is 2. The summed E-state index contributed by atoms with van der Waals surface area (Å²) >= 11 is 6.04. The molecule has 0 aromatic heterocycles. The Morgan fingerprint density at radius 1 is 1.12 bits per heavy atom. The first-order chi connectivity index (χ1) is 15.0. The van der Waals surface area contributed by atoms with E-state index in [2.05, 4.69) is 10.3 Å². The summed E-state index contributed by atoms with van der Waals surface area (Å²) in [4.78, 5) is 22.4. The molecule has 2 rings (SSSR count). The Kier molecular flexibility index (Phi) is 8.70. The molecule has 0 N–H and O–H groups in total. The zero-order valence-electron chi connectivity index (χ0n) is 18.3. The highest BCUT2D eigenvalue weighted by molar-refractivity contribution is 7.17. The van der Waals surface area contributed by atoms with E-state index in [0.29, 0.717) is 11.1 Å². The van der Waals surface area contributed by atoms with Gasteiger partial charge in [0.25, 0.3) is 5.66 Å². The van der Waals surface area contributed by atoms with Crippen molar-refractivity contribution in [2.75, 3.05) is 14.2 Å². The summed E-state index contributed by atoms with van der Waals surface area (Å²) in [6.45, 7) is 4.87. The molecule has 172 valence electrons. The standard InChI is InChI=1S/C22H24ClF2N2O4P/c1-12-7-6-8-16(20(27-30-5)21(28)29-4)17(12)11-31-26-14(3)15-9-10-18(23)13(2)19(15)22(24,25)32/h6-10H,11,32H2,1-5H3/b26-14+,27-20+. The van der Waals surface area contributed by atoms with E-state index < -0.39 is 11.6 Å². The van der Waals surface area contributed by atoms with Crippen molar-refractivity contribution in [3.63, 3.8) is 0 Å². The van der Waals surface area contributed by atoms with Crippen LogP contribution in [0.3, 0.4) is 0 Å². The Morgan fingerprint density at radius 2 is 1.81 bits per heavy atom. The van der Waals surface area contributed by atoms with E-state index in [-0.39, 0.29) is 39.7 Å². The number of benzene rings is 2. The lowest BCUT2D eigenvalue weighted by molar-refractivity contribution is -0.132. The monoisotopic (exact) mass is 484 g/mol.